The molecule has 48 heavy (non-hydrogen) atoms. The SMILES string of the molecule is CCCCCCCCCCCCCCCCCCC(CCCCCCCCCCCCCCCCCC)OC(=O)NCCCOC(C)C. The molecule has 1 amide bonds. The van der Waals surface area contributed by atoms with Crippen LogP contribution in [0.15, 0.2) is 0 Å². The number of unbranched alkanes of at least 4 members (excludes halogenated alkanes) is 30. The lowest BCUT2D eigenvalue weighted by Gasteiger charge is -2.18. The molecule has 0 saturated carbocycles. The van der Waals surface area contributed by atoms with E-state index in [1.165, 1.54) is 205 Å². The van der Waals surface area contributed by atoms with Crippen molar-refractivity contribution >= 4 is 6.09 Å². The Morgan fingerprint density at radius 2 is 0.729 bits per heavy atom. The normalized spacial score (nSPS) is 11.6. The molecule has 288 valence electrons. The van der Waals surface area contributed by atoms with Crippen molar-refractivity contribution in [3.63, 3.8) is 0 Å². The molecule has 1 N–H and O–H groups in total. The summed E-state index contributed by atoms with van der Waals surface area (Å²) in [5, 5.41) is 2.96. The predicted molar refractivity (Wildman–Crippen MR) is 212 cm³/mol. The number of carbonyl (C=O) groups is 1. The van der Waals surface area contributed by atoms with Crippen LogP contribution in [0.2, 0.25) is 0 Å². The fourth-order valence-corrected chi connectivity index (χ4v) is 6.88. The Bertz CT molecular complexity index is 574. The number of hydrogen-bond donors (Lipinski definition) is 1. The fraction of sp³-hybridized carbons (Fsp3) is 0.977. The quantitative estimate of drug-likeness (QED) is 0.0656. The molecule has 0 fully saturated rings. The average molecular weight is 680 g/mol. The minimum atomic E-state index is -0.238. The maximum Gasteiger partial charge on any atom is 0.407 e. The minimum Gasteiger partial charge on any atom is -0.446 e. The van der Waals surface area contributed by atoms with Gasteiger partial charge in [-0.05, 0) is 46.0 Å². The molecular weight excluding hydrogens is 590 g/mol. The number of ether oxygens (including phenoxy) is 2. The van der Waals surface area contributed by atoms with Crippen LogP contribution >= 0.6 is 0 Å². The molecule has 0 aromatic carbocycles. The largest absolute Gasteiger partial charge is 0.446 e. The number of nitrogens with one attached hydrogen (secondary N) is 1. The summed E-state index contributed by atoms with van der Waals surface area (Å²) in [6.45, 7) is 9.98. The van der Waals surface area contributed by atoms with Crippen LogP contribution in [-0.2, 0) is 9.47 Å². The third-order valence-corrected chi connectivity index (χ3v) is 10.1. The van der Waals surface area contributed by atoms with Crippen LogP contribution in [0.4, 0.5) is 4.79 Å². The van der Waals surface area contributed by atoms with Gasteiger partial charge in [0.25, 0.3) is 0 Å². The molecule has 0 heterocycles. The maximum atomic E-state index is 12.5. The Morgan fingerprint density at radius 1 is 0.438 bits per heavy atom. The molecule has 4 heteroatoms. The molecule has 0 atom stereocenters. The van der Waals surface area contributed by atoms with Crippen LogP contribution in [-0.4, -0.2) is 31.5 Å². The molecule has 0 aliphatic rings. The van der Waals surface area contributed by atoms with E-state index in [2.05, 4.69) is 19.2 Å². The molecule has 0 rings (SSSR count). The van der Waals surface area contributed by atoms with Crippen molar-refractivity contribution in [2.75, 3.05) is 13.2 Å². The molecule has 4 nitrogen and oxygen atoms in total. The van der Waals surface area contributed by atoms with E-state index in [1.807, 2.05) is 13.8 Å². The van der Waals surface area contributed by atoms with Gasteiger partial charge in [0, 0.05) is 13.2 Å². The van der Waals surface area contributed by atoms with Gasteiger partial charge in [-0.15, -0.1) is 0 Å². The zero-order valence-electron chi connectivity index (χ0n) is 33.5. The summed E-state index contributed by atoms with van der Waals surface area (Å²) in [7, 11) is 0. The summed E-state index contributed by atoms with van der Waals surface area (Å²) < 4.78 is 11.5. The van der Waals surface area contributed by atoms with E-state index in [0.29, 0.717) is 13.2 Å². The topological polar surface area (TPSA) is 47.6 Å². The molecule has 0 unspecified atom stereocenters. The predicted octanol–water partition coefficient (Wildman–Crippen LogP) is 15.2. The number of amides is 1. The van der Waals surface area contributed by atoms with E-state index < -0.39 is 0 Å². The summed E-state index contributed by atoms with van der Waals surface area (Å²) in [5.41, 5.74) is 0. The second-order valence-electron chi connectivity index (χ2n) is 15.4. The fourth-order valence-electron chi connectivity index (χ4n) is 6.88. The molecule has 0 spiro atoms. The molecule has 0 aromatic heterocycles. The zero-order chi connectivity index (χ0) is 35.0. The first-order valence-electron chi connectivity index (χ1n) is 22.2. The molecule has 0 bridgehead atoms. The highest BCUT2D eigenvalue weighted by Gasteiger charge is 2.14. The molecule has 0 aromatic rings. The van der Waals surface area contributed by atoms with Crippen molar-refractivity contribution in [1.29, 1.82) is 0 Å². The number of rotatable bonds is 40. The van der Waals surface area contributed by atoms with Crippen LogP contribution in [0.25, 0.3) is 0 Å². The third-order valence-electron chi connectivity index (χ3n) is 10.1. The molecule has 0 aliphatic carbocycles. The van der Waals surface area contributed by atoms with E-state index in [-0.39, 0.29) is 18.3 Å². The summed E-state index contributed by atoms with van der Waals surface area (Å²) in [6.07, 6.45) is 47.3. The standard InChI is InChI=1S/C44H89NO3/c1-5-7-9-11-13-15-17-19-21-23-25-27-29-31-33-35-38-43(48-44(46)45-40-37-41-47-42(3)4)39-36-34-32-30-28-26-24-22-20-18-16-14-12-10-8-6-2/h42-43H,5-41H2,1-4H3,(H,45,46). The lowest BCUT2D eigenvalue weighted by atomic mass is 10.0. The summed E-state index contributed by atoms with van der Waals surface area (Å²) in [4.78, 5) is 12.5. The average Bonchev–Trinajstić information content (AvgIpc) is 3.07. The summed E-state index contributed by atoms with van der Waals surface area (Å²) >= 11 is 0. The lowest BCUT2D eigenvalue weighted by Crippen LogP contribution is -2.30. The van der Waals surface area contributed by atoms with E-state index in [4.69, 9.17) is 9.47 Å². The van der Waals surface area contributed by atoms with Gasteiger partial charge in [0.15, 0.2) is 0 Å². The highest BCUT2D eigenvalue weighted by molar-refractivity contribution is 5.67. The van der Waals surface area contributed by atoms with Gasteiger partial charge in [0.05, 0.1) is 6.10 Å². The van der Waals surface area contributed by atoms with Gasteiger partial charge < -0.3 is 14.8 Å². The second-order valence-corrected chi connectivity index (χ2v) is 15.4. The van der Waals surface area contributed by atoms with Crippen molar-refractivity contribution in [3.05, 3.63) is 0 Å². The highest BCUT2D eigenvalue weighted by Crippen LogP contribution is 2.19. The first kappa shape index (κ1) is 47.2. The Balaban J connectivity index is 3.94. The Labute approximate surface area is 302 Å². The lowest BCUT2D eigenvalue weighted by molar-refractivity contribution is 0.0720. The molecular formula is C44H89NO3. The van der Waals surface area contributed by atoms with E-state index in [1.54, 1.807) is 0 Å². The van der Waals surface area contributed by atoms with Gasteiger partial charge in [-0.2, -0.15) is 0 Å². The Morgan fingerprint density at radius 3 is 1.02 bits per heavy atom. The van der Waals surface area contributed by atoms with E-state index >= 15 is 0 Å². The van der Waals surface area contributed by atoms with Crippen molar-refractivity contribution in [2.45, 2.75) is 265 Å². The maximum absolute atomic E-state index is 12.5. The first-order valence-corrected chi connectivity index (χ1v) is 22.2. The third kappa shape index (κ3) is 39.7. The summed E-state index contributed by atoms with van der Waals surface area (Å²) in [5.74, 6) is 0. The number of alkyl carbamates (subject to hydrolysis) is 1. The Kier molecular flexibility index (Phi) is 40.0. The van der Waals surface area contributed by atoms with Gasteiger partial charge in [-0.1, -0.05) is 206 Å². The van der Waals surface area contributed by atoms with Crippen molar-refractivity contribution in [3.8, 4) is 0 Å². The minimum absolute atomic E-state index is 0.0650. The number of carbonyl (C=O) groups excluding carboxylic acids is 1. The van der Waals surface area contributed by atoms with Crippen LogP contribution in [0.1, 0.15) is 252 Å². The van der Waals surface area contributed by atoms with Crippen LogP contribution in [0.3, 0.4) is 0 Å². The second kappa shape index (κ2) is 40.7. The first-order chi connectivity index (χ1) is 23.6. The molecule has 0 saturated heterocycles. The number of hydrogen-bond acceptors (Lipinski definition) is 3. The van der Waals surface area contributed by atoms with Gasteiger partial charge in [0.2, 0.25) is 0 Å². The smallest absolute Gasteiger partial charge is 0.407 e. The van der Waals surface area contributed by atoms with Crippen LogP contribution in [0, 0.1) is 0 Å². The molecule has 0 aliphatic heterocycles. The monoisotopic (exact) mass is 680 g/mol. The van der Waals surface area contributed by atoms with E-state index in [9.17, 15) is 4.79 Å². The Hall–Kier alpha value is -0.770. The summed E-state index contributed by atoms with van der Waals surface area (Å²) in [6, 6.07) is 0. The van der Waals surface area contributed by atoms with Crippen molar-refractivity contribution in [2.24, 2.45) is 0 Å². The van der Waals surface area contributed by atoms with Crippen LogP contribution in [0.5, 0.6) is 0 Å². The van der Waals surface area contributed by atoms with E-state index in [0.717, 1.165) is 19.3 Å². The van der Waals surface area contributed by atoms with Crippen molar-refractivity contribution < 1.29 is 14.3 Å². The van der Waals surface area contributed by atoms with Gasteiger partial charge in [-0.3, -0.25) is 0 Å². The van der Waals surface area contributed by atoms with Crippen LogP contribution < -0.4 is 5.32 Å². The zero-order valence-corrected chi connectivity index (χ0v) is 33.5. The van der Waals surface area contributed by atoms with Crippen molar-refractivity contribution in [1.82, 2.24) is 5.32 Å². The van der Waals surface area contributed by atoms with Gasteiger partial charge >= 0.3 is 6.09 Å². The van der Waals surface area contributed by atoms with Gasteiger partial charge in [-0.25, -0.2) is 4.79 Å². The molecule has 0 radical (unpaired) electrons. The van der Waals surface area contributed by atoms with Gasteiger partial charge in [0.1, 0.15) is 6.10 Å². The highest BCUT2D eigenvalue weighted by atomic mass is 16.6.